The Hall–Kier alpha value is -1.62. The van der Waals surface area contributed by atoms with Gasteiger partial charge in [0, 0.05) is 11.2 Å². The molecule has 0 radical (unpaired) electrons. The summed E-state index contributed by atoms with van der Waals surface area (Å²) < 4.78 is 0. The Balaban J connectivity index is 2.06. The van der Waals surface area contributed by atoms with E-state index in [1.165, 1.54) is 12.3 Å². The van der Waals surface area contributed by atoms with E-state index >= 15 is 0 Å². The third-order valence-corrected chi connectivity index (χ3v) is 3.38. The molecule has 2 N–H and O–H groups in total. The highest BCUT2D eigenvalue weighted by atomic mass is 35.5. The van der Waals surface area contributed by atoms with E-state index in [9.17, 15) is 9.59 Å². The van der Waals surface area contributed by atoms with Crippen LogP contribution in [0.15, 0.2) is 18.3 Å². The van der Waals surface area contributed by atoms with Crippen LogP contribution < -0.4 is 5.32 Å². The maximum Gasteiger partial charge on any atom is 0.307 e. The van der Waals surface area contributed by atoms with Crippen molar-refractivity contribution in [2.45, 2.75) is 19.3 Å². The van der Waals surface area contributed by atoms with Crippen LogP contribution in [0.5, 0.6) is 0 Å². The Morgan fingerprint density at radius 2 is 2.11 bits per heavy atom. The second-order valence-electron chi connectivity index (χ2n) is 4.33. The number of carboxylic acid groups (broad SMARTS) is 1. The molecule has 1 aromatic heterocycles. The fraction of sp³-hybridized carbons (Fsp3) is 0.417. The fourth-order valence-corrected chi connectivity index (χ4v) is 2.42. The molecule has 0 aliphatic heterocycles. The van der Waals surface area contributed by atoms with Gasteiger partial charge in [0.25, 0.3) is 0 Å². The first kappa shape index (κ1) is 12.8. The number of amides is 1. The van der Waals surface area contributed by atoms with Crippen LogP contribution in [-0.2, 0) is 9.59 Å². The van der Waals surface area contributed by atoms with Crippen molar-refractivity contribution < 1.29 is 14.7 Å². The van der Waals surface area contributed by atoms with Gasteiger partial charge < -0.3 is 10.4 Å². The van der Waals surface area contributed by atoms with E-state index in [0.717, 1.165) is 6.42 Å². The van der Waals surface area contributed by atoms with E-state index < -0.39 is 17.8 Å². The van der Waals surface area contributed by atoms with Gasteiger partial charge in [-0.1, -0.05) is 18.0 Å². The maximum absolute atomic E-state index is 12.0. The van der Waals surface area contributed by atoms with Gasteiger partial charge in [-0.05, 0) is 25.0 Å². The van der Waals surface area contributed by atoms with Crippen LogP contribution in [0.25, 0.3) is 0 Å². The van der Waals surface area contributed by atoms with Crippen LogP contribution in [0.2, 0.25) is 5.02 Å². The summed E-state index contributed by atoms with van der Waals surface area (Å²) in [6, 6.07) is 3.14. The minimum absolute atomic E-state index is 0.297. The molecular weight excluding hydrogens is 256 g/mol. The third kappa shape index (κ3) is 2.79. The lowest BCUT2D eigenvalue weighted by Gasteiger charge is -2.15. The quantitative estimate of drug-likeness (QED) is 0.881. The molecule has 1 aromatic rings. The smallest absolute Gasteiger partial charge is 0.307 e. The van der Waals surface area contributed by atoms with Crippen molar-refractivity contribution in [2.24, 2.45) is 11.8 Å². The van der Waals surface area contributed by atoms with Crippen molar-refractivity contribution >= 4 is 29.3 Å². The summed E-state index contributed by atoms with van der Waals surface area (Å²) in [4.78, 5) is 26.9. The largest absolute Gasteiger partial charge is 0.481 e. The number of pyridine rings is 1. The fourth-order valence-electron chi connectivity index (χ4n) is 2.26. The number of hydrogen-bond acceptors (Lipinski definition) is 3. The van der Waals surface area contributed by atoms with Crippen LogP contribution in [0.3, 0.4) is 0 Å². The first-order valence-corrected chi connectivity index (χ1v) is 6.11. The number of anilines is 1. The molecule has 0 bridgehead atoms. The van der Waals surface area contributed by atoms with Crippen molar-refractivity contribution in [2.75, 3.05) is 5.32 Å². The van der Waals surface area contributed by atoms with Gasteiger partial charge in [-0.25, -0.2) is 4.98 Å². The van der Waals surface area contributed by atoms with E-state index in [-0.39, 0.29) is 5.91 Å². The van der Waals surface area contributed by atoms with Gasteiger partial charge in [0.15, 0.2) is 0 Å². The molecule has 2 atom stereocenters. The summed E-state index contributed by atoms with van der Waals surface area (Å²) >= 11 is 5.78. The van der Waals surface area contributed by atoms with E-state index in [2.05, 4.69) is 10.3 Å². The molecule has 1 aliphatic carbocycles. The van der Waals surface area contributed by atoms with Gasteiger partial charge in [-0.15, -0.1) is 0 Å². The average molecular weight is 269 g/mol. The van der Waals surface area contributed by atoms with E-state index in [4.69, 9.17) is 16.7 Å². The highest BCUT2D eigenvalue weighted by Crippen LogP contribution is 2.32. The summed E-state index contributed by atoms with van der Waals surface area (Å²) in [5.74, 6) is -1.93. The van der Waals surface area contributed by atoms with Gasteiger partial charge in [-0.2, -0.15) is 0 Å². The van der Waals surface area contributed by atoms with Crippen molar-refractivity contribution in [3.8, 4) is 0 Å². The molecule has 18 heavy (non-hydrogen) atoms. The average Bonchev–Trinajstić information content (AvgIpc) is 2.77. The monoisotopic (exact) mass is 268 g/mol. The number of halogens is 1. The van der Waals surface area contributed by atoms with Crippen LogP contribution in [-0.4, -0.2) is 22.0 Å². The van der Waals surface area contributed by atoms with Crippen molar-refractivity contribution in [1.82, 2.24) is 4.98 Å². The molecule has 2 unspecified atom stereocenters. The molecular formula is C12H13ClN2O3. The van der Waals surface area contributed by atoms with Crippen molar-refractivity contribution in [3.63, 3.8) is 0 Å². The molecule has 0 spiro atoms. The second kappa shape index (κ2) is 5.35. The van der Waals surface area contributed by atoms with Crippen LogP contribution >= 0.6 is 11.6 Å². The minimum atomic E-state index is -0.910. The molecule has 6 heteroatoms. The summed E-state index contributed by atoms with van der Waals surface area (Å²) in [6.07, 6.45) is 3.40. The molecule has 5 nitrogen and oxygen atoms in total. The van der Waals surface area contributed by atoms with Crippen LogP contribution in [0.4, 0.5) is 5.82 Å². The zero-order valence-corrected chi connectivity index (χ0v) is 10.4. The summed E-state index contributed by atoms with van der Waals surface area (Å²) in [7, 11) is 0. The second-order valence-corrected chi connectivity index (χ2v) is 4.77. The van der Waals surface area contributed by atoms with Crippen LogP contribution in [0, 0.1) is 11.8 Å². The first-order chi connectivity index (χ1) is 8.58. The molecule has 0 aromatic carbocycles. The number of rotatable bonds is 3. The lowest BCUT2D eigenvalue weighted by Crippen LogP contribution is -2.30. The zero-order chi connectivity index (χ0) is 13.1. The highest BCUT2D eigenvalue weighted by molar-refractivity contribution is 6.30. The van der Waals surface area contributed by atoms with Gasteiger partial charge in [0.05, 0.1) is 11.8 Å². The first-order valence-electron chi connectivity index (χ1n) is 5.73. The molecule has 1 heterocycles. The molecule has 1 saturated carbocycles. The van der Waals surface area contributed by atoms with Crippen molar-refractivity contribution in [3.05, 3.63) is 23.4 Å². The van der Waals surface area contributed by atoms with Gasteiger partial charge >= 0.3 is 5.97 Å². The number of carbonyl (C=O) groups is 2. The Morgan fingerprint density at radius 1 is 1.39 bits per heavy atom. The Kier molecular flexibility index (Phi) is 3.81. The minimum Gasteiger partial charge on any atom is -0.481 e. The normalized spacial score (nSPS) is 22.7. The molecule has 0 saturated heterocycles. The van der Waals surface area contributed by atoms with Crippen LogP contribution in [0.1, 0.15) is 19.3 Å². The maximum atomic E-state index is 12.0. The number of hydrogen-bond donors (Lipinski definition) is 2. The number of nitrogens with one attached hydrogen (secondary N) is 1. The highest BCUT2D eigenvalue weighted by Gasteiger charge is 2.37. The van der Waals surface area contributed by atoms with Gasteiger partial charge in [-0.3, -0.25) is 9.59 Å². The lowest BCUT2D eigenvalue weighted by atomic mass is 9.95. The predicted octanol–water partition coefficient (Wildman–Crippen LogP) is 2.17. The molecule has 2 rings (SSSR count). The van der Waals surface area contributed by atoms with E-state index in [1.54, 1.807) is 6.07 Å². The third-order valence-electron chi connectivity index (χ3n) is 3.14. The lowest BCUT2D eigenvalue weighted by molar-refractivity contribution is -0.145. The topological polar surface area (TPSA) is 79.3 Å². The summed E-state index contributed by atoms with van der Waals surface area (Å²) in [6.45, 7) is 0. The molecule has 1 fully saturated rings. The van der Waals surface area contributed by atoms with E-state index in [1.807, 2.05) is 0 Å². The molecule has 96 valence electrons. The number of nitrogens with zero attached hydrogens (tertiary/aromatic N) is 1. The molecule has 1 aliphatic rings. The molecule has 1 amide bonds. The number of carbonyl (C=O) groups excluding carboxylic acids is 1. The Morgan fingerprint density at radius 3 is 2.78 bits per heavy atom. The van der Waals surface area contributed by atoms with E-state index in [0.29, 0.717) is 23.7 Å². The Labute approximate surface area is 109 Å². The zero-order valence-electron chi connectivity index (χ0n) is 9.60. The summed E-state index contributed by atoms with van der Waals surface area (Å²) in [5, 5.41) is 12.1. The van der Waals surface area contributed by atoms with Gasteiger partial charge in [0.2, 0.25) is 5.91 Å². The number of aliphatic carboxylic acids is 1. The Bertz CT molecular complexity index is 478. The SMILES string of the molecule is O=C(O)C1CCCC1C(=O)Nc1cc(Cl)ccn1. The number of carboxylic acids is 1. The predicted molar refractivity (Wildman–Crippen MR) is 66.3 cm³/mol. The summed E-state index contributed by atoms with van der Waals surface area (Å²) in [5.41, 5.74) is 0. The van der Waals surface area contributed by atoms with Gasteiger partial charge in [0.1, 0.15) is 5.82 Å². The van der Waals surface area contributed by atoms with Crippen molar-refractivity contribution in [1.29, 1.82) is 0 Å². The standard InChI is InChI=1S/C12H13ClN2O3/c13-7-4-5-14-10(6-7)15-11(16)8-2-1-3-9(8)12(17)18/h4-6,8-9H,1-3H2,(H,17,18)(H,14,15,16). The number of aromatic nitrogens is 1.